The smallest absolute Gasteiger partial charge is 0.255 e. The normalized spacial score (nSPS) is 34.8. The number of hydrazone groups is 1. The number of nitrogens with zero attached hydrogens (tertiary/aromatic N) is 2. The predicted molar refractivity (Wildman–Crippen MR) is 92.6 cm³/mol. The van der Waals surface area contributed by atoms with Crippen LogP contribution < -0.4 is 0 Å². The highest BCUT2D eigenvalue weighted by atomic mass is 16.2. The van der Waals surface area contributed by atoms with Crippen LogP contribution in [0.1, 0.15) is 49.9 Å². The van der Waals surface area contributed by atoms with E-state index in [4.69, 9.17) is 0 Å². The number of Topliss-reactive ketones (excluding diaryl/α,β-unsaturated/α-hetero) is 1. The number of carbonyl (C=O) groups excluding carboxylic acids is 2. The van der Waals surface area contributed by atoms with Gasteiger partial charge in [-0.3, -0.25) is 9.59 Å². The number of fused-ring (bicyclic) bond motifs is 2. The maximum Gasteiger partial charge on any atom is 0.255 e. The summed E-state index contributed by atoms with van der Waals surface area (Å²) >= 11 is 0. The second-order valence-electron chi connectivity index (χ2n) is 7.82. The lowest BCUT2D eigenvalue weighted by Gasteiger charge is -2.35. The van der Waals surface area contributed by atoms with Gasteiger partial charge in [0.1, 0.15) is 6.54 Å². The van der Waals surface area contributed by atoms with E-state index in [2.05, 4.69) is 5.10 Å². The molecule has 1 aromatic carbocycles. The molecule has 0 radical (unpaired) electrons. The lowest BCUT2D eigenvalue weighted by atomic mass is 9.66. The first-order chi connectivity index (χ1) is 11.5. The molecule has 1 aromatic rings. The van der Waals surface area contributed by atoms with E-state index in [0.717, 1.165) is 18.1 Å². The van der Waals surface area contributed by atoms with Crippen LogP contribution in [0.25, 0.3) is 0 Å². The maximum atomic E-state index is 13.1. The largest absolute Gasteiger partial charge is 0.292 e. The van der Waals surface area contributed by atoms with Crippen LogP contribution in [0.3, 0.4) is 0 Å². The molecule has 0 spiro atoms. The number of amides is 1. The minimum atomic E-state index is -0.517. The van der Waals surface area contributed by atoms with Crippen molar-refractivity contribution in [1.82, 2.24) is 5.01 Å². The van der Waals surface area contributed by atoms with Crippen molar-refractivity contribution in [2.24, 2.45) is 28.3 Å². The Labute approximate surface area is 142 Å². The molecule has 1 heterocycles. The predicted octanol–water partition coefficient (Wildman–Crippen LogP) is 3.53. The van der Waals surface area contributed by atoms with Gasteiger partial charge in [-0.05, 0) is 50.9 Å². The Morgan fingerprint density at radius 2 is 2.00 bits per heavy atom. The average molecular weight is 324 g/mol. The second kappa shape index (κ2) is 5.54. The molecule has 0 saturated heterocycles. The van der Waals surface area contributed by atoms with E-state index in [1.165, 1.54) is 24.3 Å². The molecular formula is C20H24N2O2. The highest BCUT2D eigenvalue weighted by molar-refractivity contribution is 6.12. The third-order valence-corrected chi connectivity index (χ3v) is 6.57. The van der Waals surface area contributed by atoms with Gasteiger partial charge in [0.05, 0.1) is 11.1 Å². The van der Waals surface area contributed by atoms with E-state index >= 15 is 0 Å². The third-order valence-electron chi connectivity index (χ3n) is 6.57. The highest BCUT2D eigenvalue weighted by Gasteiger charge is 2.57. The van der Waals surface area contributed by atoms with Crippen molar-refractivity contribution < 1.29 is 9.59 Å². The number of benzene rings is 1. The molecule has 2 bridgehead atoms. The van der Waals surface area contributed by atoms with Crippen LogP contribution in [-0.4, -0.2) is 29.0 Å². The van der Waals surface area contributed by atoms with E-state index in [1.807, 2.05) is 32.0 Å². The molecule has 1 aliphatic heterocycles. The monoisotopic (exact) mass is 324 g/mol. The fourth-order valence-electron chi connectivity index (χ4n) is 5.09. The number of rotatable bonds is 4. The molecule has 2 aliphatic carbocycles. The van der Waals surface area contributed by atoms with E-state index in [9.17, 15) is 9.59 Å². The summed E-state index contributed by atoms with van der Waals surface area (Å²) in [5, 5.41) is 5.91. The topological polar surface area (TPSA) is 49.7 Å². The first-order valence-electron chi connectivity index (χ1n) is 8.96. The summed E-state index contributed by atoms with van der Waals surface area (Å²) in [5.74, 6) is 1.79. The molecule has 126 valence electrons. The Bertz CT molecular complexity index is 712. The number of carbonyl (C=O) groups is 2. The molecule has 4 atom stereocenters. The average Bonchev–Trinajstić information content (AvgIpc) is 3.28. The van der Waals surface area contributed by atoms with Gasteiger partial charge in [0.2, 0.25) is 0 Å². The molecule has 4 rings (SSSR count). The van der Waals surface area contributed by atoms with Gasteiger partial charge in [0.25, 0.3) is 5.91 Å². The van der Waals surface area contributed by atoms with E-state index < -0.39 is 5.41 Å². The van der Waals surface area contributed by atoms with Crippen molar-refractivity contribution in [3.8, 4) is 0 Å². The van der Waals surface area contributed by atoms with Crippen molar-refractivity contribution in [3.63, 3.8) is 0 Å². The summed E-state index contributed by atoms with van der Waals surface area (Å²) in [4.78, 5) is 25.6. The quantitative estimate of drug-likeness (QED) is 0.796. The zero-order chi connectivity index (χ0) is 16.9. The number of hydrogen-bond donors (Lipinski definition) is 0. The summed E-state index contributed by atoms with van der Waals surface area (Å²) < 4.78 is 0. The van der Waals surface area contributed by atoms with Crippen molar-refractivity contribution in [2.45, 2.75) is 39.5 Å². The number of ketones is 1. The van der Waals surface area contributed by atoms with Crippen LogP contribution in [0.2, 0.25) is 0 Å². The van der Waals surface area contributed by atoms with Gasteiger partial charge in [0.15, 0.2) is 5.78 Å². The van der Waals surface area contributed by atoms with Crippen molar-refractivity contribution in [2.75, 3.05) is 6.54 Å². The SMILES string of the molecule is CC1=NN(CC(=O)c2ccccc2)C(=O)C1(C)[C@@H]1C[C@@H]2CC[C@@H]1C2. The van der Waals surface area contributed by atoms with Crippen molar-refractivity contribution in [1.29, 1.82) is 0 Å². The van der Waals surface area contributed by atoms with E-state index in [-0.39, 0.29) is 18.2 Å². The van der Waals surface area contributed by atoms with Crippen LogP contribution in [-0.2, 0) is 4.79 Å². The molecule has 0 N–H and O–H groups in total. The minimum absolute atomic E-state index is 0.0156. The molecule has 3 aliphatic rings. The molecule has 2 fully saturated rings. The van der Waals surface area contributed by atoms with Gasteiger partial charge < -0.3 is 0 Å². The zero-order valence-electron chi connectivity index (χ0n) is 14.4. The fraction of sp³-hybridized carbons (Fsp3) is 0.550. The fourth-order valence-corrected chi connectivity index (χ4v) is 5.09. The lowest BCUT2D eigenvalue weighted by molar-refractivity contribution is -0.138. The first kappa shape index (κ1) is 15.6. The third kappa shape index (κ3) is 2.23. The van der Waals surface area contributed by atoms with Crippen LogP contribution in [0, 0.1) is 23.2 Å². The molecule has 2 saturated carbocycles. The molecular weight excluding hydrogens is 300 g/mol. The van der Waals surface area contributed by atoms with Crippen molar-refractivity contribution >= 4 is 17.4 Å². The van der Waals surface area contributed by atoms with Crippen molar-refractivity contribution in [3.05, 3.63) is 35.9 Å². The van der Waals surface area contributed by atoms with Gasteiger partial charge in [-0.15, -0.1) is 0 Å². The Balaban J connectivity index is 1.53. The Morgan fingerprint density at radius 1 is 1.25 bits per heavy atom. The maximum absolute atomic E-state index is 13.1. The van der Waals surface area contributed by atoms with E-state index in [1.54, 1.807) is 12.1 Å². The summed E-state index contributed by atoms with van der Waals surface area (Å²) in [6.07, 6.45) is 4.97. The Hall–Kier alpha value is -1.97. The molecule has 4 heteroatoms. The minimum Gasteiger partial charge on any atom is -0.292 e. The van der Waals surface area contributed by atoms with Gasteiger partial charge in [0, 0.05) is 5.56 Å². The molecule has 24 heavy (non-hydrogen) atoms. The highest BCUT2D eigenvalue weighted by Crippen LogP contribution is 2.56. The summed E-state index contributed by atoms with van der Waals surface area (Å²) in [7, 11) is 0. The lowest BCUT2D eigenvalue weighted by Crippen LogP contribution is -2.45. The standard InChI is InChI=1S/C20H24N2O2/c1-13-20(2,17-11-14-8-9-16(17)10-14)19(24)22(21-13)12-18(23)15-6-4-3-5-7-15/h3-7,14,16-17H,8-12H2,1-2H3/t14-,16-,17-,20?/m1/s1. The van der Waals surface area contributed by atoms with Crippen LogP contribution >= 0.6 is 0 Å². The molecule has 1 amide bonds. The van der Waals surface area contributed by atoms with Crippen LogP contribution in [0.4, 0.5) is 0 Å². The van der Waals surface area contributed by atoms with Gasteiger partial charge in [-0.2, -0.15) is 5.10 Å². The van der Waals surface area contributed by atoms with Gasteiger partial charge in [-0.1, -0.05) is 36.8 Å². The van der Waals surface area contributed by atoms with Crippen LogP contribution in [0.15, 0.2) is 35.4 Å². The summed E-state index contributed by atoms with van der Waals surface area (Å²) in [6.45, 7) is 4.04. The molecule has 0 aromatic heterocycles. The van der Waals surface area contributed by atoms with Crippen LogP contribution in [0.5, 0.6) is 0 Å². The van der Waals surface area contributed by atoms with Gasteiger partial charge in [-0.25, -0.2) is 5.01 Å². The first-order valence-corrected chi connectivity index (χ1v) is 8.96. The zero-order valence-corrected chi connectivity index (χ0v) is 14.4. The Kier molecular flexibility index (Phi) is 3.59. The van der Waals surface area contributed by atoms with E-state index in [0.29, 0.717) is 17.4 Å². The molecule has 4 nitrogen and oxygen atoms in total. The summed E-state index contributed by atoms with van der Waals surface area (Å²) in [5.41, 5.74) is 0.995. The second-order valence-corrected chi connectivity index (χ2v) is 7.82. The van der Waals surface area contributed by atoms with Gasteiger partial charge >= 0.3 is 0 Å². The summed E-state index contributed by atoms with van der Waals surface area (Å²) in [6, 6.07) is 9.13. The Morgan fingerprint density at radius 3 is 2.62 bits per heavy atom. The molecule has 1 unspecified atom stereocenters. The number of hydrogen-bond acceptors (Lipinski definition) is 3.